The molecule has 8 nitrogen and oxygen atoms in total. The number of hydrogen-bond donors (Lipinski definition) is 2. The van der Waals surface area contributed by atoms with Crippen molar-refractivity contribution in [1.29, 1.82) is 0 Å². The van der Waals surface area contributed by atoms with E-state index in [1.54, 1.807) is 11.8 Å². The van der Waals surface area contributed by atoms with Crippen LogP contribution in [-0.2, 0) is 19.0 Å². The highest BCUT2D eigenvalue weighted by molar-refractivity contribution is 5.79. The molecule has 9 heteroatoms. The Morgan fingerprint density at radius 1 is 1.44 bits per heavy atom. The van der Waals surface area contributed by atoms with E-state index in [-0.39, 0.29) is 31.3 Å². The van der Waals surface area contributed by atoms with Crippen LogP contribution in [0.3, 0.4) is 0 Å². The number of ether oxygens (including phenoxy) is 3. The molecule has 0 saturated carbocycles. The monoisotopic (exact) mass is 480 g/mol. The van der Waals surface area contributed by atoms with Crippen molar-refractivity contribution in [2.24, 2.45) is 0 Å². The maximum Gasteiger partial charge on any atom is 0.410 e. The van der Waals surface area contributed by atoms with Crippen LogP contribution in [0.1, 0.15) is 60.3 Å². The number of rotatable bonds is 5. The Kier molecular flexibility index (Phi) is 7.77. The van der Waals surface area contributed by atoms with Gasteiger partial charge in [-0.3, -0.25) is 9.69 Å². The molecule has 0 aromatic carbocycles. The van der Waals surface area contributed by atoms with Crippen molar-refractivity contribution in [2.75, 3.05) is 19.8 Å². The van der Waals surface area contributed by atoms with E-state index < -0.39 is 34.9 Å². The van der Waals surface area contributed by atoms with Gasteiger partial charge in [-0.05, 0) is 71.4 Å². The molecule has 190 valence electrons. The van der Waals surface area contributed by atoms with Gasteiger partial charge in [0.15, 0.2) is 11.6 Å². The van der Waals surface area contributed by atoms with Crippen molar-refractivity contribution >= 4 is 12.0 Å². The van der Waals surface area contributed by atoms with E-state index in [2.05, 4.69) is 11.9 Å². The summed E-state index contributed by atoms with van der Waals surface area (Å²) in [5.74, 6) is -1.48. The number of aliphatic hydroxyl groups excluding tert-OH is 1. The molecule has 3 unspecified atom stereocenters. The summed E-state index contributed by atoms with van der Waals surface area (Å²) < 4.78 is 30.8. The van der Waals surface area contributed by atoms with E-state index in [1.807, 2.05) is 33.8 Å². The molecule has 1 spiro atoms. The van der Waals surface area contributed by atoms with Gasteiger partial charge < -0.3 is 24.6 Å². The van der Waals surface area contributed by atoms with Crippen molar-refractivity contribution in [3.63, 3.8) is 0 Å². The van der Waals surface area contributed by atoms with Crippen LogP contribution in [0.25, 0.3) is 0 Å². The minimum atomic E-state index is -0.851. The van der Waals surface area contributed by atoms with Crippen LogP contribution < -0.4 is 5.32 Å². The third-order valence-electron chi connectivity index (χ3n) is 6.64. The highest BCUT2D eigenvalue weighted by atomic mass is 19.1. The fourth-order valence-electron chi connectivity index (χ4n) is 5.05. The summed E-state index contributed by atoms with van der Waals surface area (Å²) in [5, 5.41) is 12.9. The van der Waals surface area contributed by atoms with E-state index in [4.69, 9.17) is 14.2 Å². The smallest absolute Gasteiger partial charge is 0.410 e. The molecule has 1 aliphatic carbocycles. The van der Waals surface area contributed by atoms with Gasteiger partial charge in [0, 0.05) is 6.04 Å². The summed E-state index contributed by atoms with van der Waals surface area (Å²) in [5.41, 5.74) is -0.0527. The minimum absolute atomic E-state index is 0.00262. The van der Waals surface area contributed by atoms with Crippen molar-refractivity contribution in [1.82, 2.24) is 10.2 Å². The second-order valence-corrected chi connectivity index (χ2v) is 10.5. The molecule has 2 saturated heterocycles. The third kappa shape index (κ3) is 5.81. The van der Waals surface area contributed by atoms with Gasteiger partial charge in [0.2, 0.25) is 5.91 Å². The molecule has 0 aromatic rings. The zero-order chi connectivity index (χ0) is 25.3. The molecular formula is C25H37FN2O6. The van der Waals surface area contributed by atoms with E-state index in [0.29, 0.717) is 37.9 Å². The summed E-state index contributed by atoms with van der Waals surface area (Å²) in [6, 6.07) is -0.625. The summed E-state index contributed by atoms with van der Waals surface area (Å²) >= 11 is 0. The number of hydrogen-bond acceptors (Lipinski definition) is 6. The lowest BCUT2D eigenvalue weighted by Gasteiger charge is -2.41. The van der Waals surface area contributed by atoms with E-state index >= 15 is 0 Å². The van der Waals surface area contributed by atoms with Crippen LogP contribution in [0.2, 0.25) is 0 Å². The van der Waals surface area contributed by atoms with Gasteiger partial charge in [-0.15, -0.1) is 0 Å². The zero-order valence-electron chi connectivity index (χ0n) is 20.8. The van der Waals surface area contributed by atoms with Gasteiger partial charge >= 0.3 is 6.09 Å². The zero-order valence-corrected chi connectivity index (χ0v) is 20.8. The number of nitrogens with zero attached hydrogens (tertiary/aromatic N) is 1. The predicted octanol–water partition coefficient (Wildman–Crippen LogP) is 4.08. The largest absolute Gasteiger partial charge is 0.505 e. The quantitative estimate of drug-likeness (QED) is 0.455. The first-order valence-corrected chi connectivity index (χ1v) is 11.8. The first-order valence-electron chi connectivity index (χ1n) is 11.8. The highest BCUT2D eigenvalue weighted by Crippen LogP contribution is 2.37. The second kappa shape index (κ2) is 10.1. The molecular weight excluding hydrogens is 443 g/mol. The number of halogens is 1. The van der Waals surface area contributed by atoms with E-state index in [0.717, 1.165) is 5.57 Å². The Labute approximate surface area is 200 Å². The average Bonchev–Trinajstić information content (AvgIpc) is 3.00. The molecule has 0 radical (unpaired) electrons. The van der Waals surface area contributed by atoms with Crippen LogP contribution in [0, 0.1) is 0 Å². The number of morpholine rings is 1. The lowest BCUT2D eigenvalue weighted by molar-refractivity contribution is -0.137. The van der Waals surface area contributed by atoms with Crippen LogP contribution in [0.5, 0.6) is 0 Å². The van der Waals surface area contributed by atoms with Gasteiger partial charge in [-0.25, -0.2) is 9.18 Å². The fraction of sp³-hybridized carbons (Fsp3) is 0.680. The number of aliphatic hydroxyl groups is 1. The minimum Gasteiger partial charge on any atom is -0.505 e. The van der Waals surface area contributed by atoms with Gasteiger partial charge in [-0.1, -0.05) is 12.7 Å². The molecule has 2 heterocycles. The normalized spacial score (nSPS) is 30.5. The van der Waals surface area contributed by atoms with Crippen LogP contribution >= 0.6 is 0 Å². The SMILES string of the molecule is C=C(F)/C(O)=C(\C)C1=CCC(OCC2N(C(=O)OC(C)(C)C)[C@H](C)CC23COCC(=O)N3)CC1. The van der Waals surface area contributed by atoms with Crippen molar-refractivity contribution in [3.05, 3.63) is 35.4 Å². The number of nitrogens with one attached hydrogen (secondary N) is 1. The first kappa shape index (κ1) is 26.2. The van der Waals surface area contributed by atoms with Crippen LogP contribution in [-0.4, -0.2) is 71.2 Å². The first-order chi connectivity index (χ1) is 15.8. The number of amides is 2. The summed E-state index contributed by atoms with van der Waals surface area (Å²) in [6.07, 6.45) is 3.81. The molecule has 34 heavy (non-hydrogen) atoms. The summed E-state index contributed by atoms with van der Waals surface area (Å²) in [4.78, 5) is 27.0. The molecule has 0 bridgehead atoms. The topological polar surface area (TPSA) is 97.3 Å². The Balaban J connectivity index is 1.75. The fourth-order valence-corrected chi connectivity index (χ4v) is 5.05. The number of likely N-dealkylation sites (tertiary alicyclic amines) is 1. The van der Waals surface area contributed by atoms with E-state index in [9.17, 15) is 19.1 Å². The molecule has 2 amide bonds. The molecule has 0 aromatic heterocycles. The Morgan fingerprint density at radius 3 is 2.71 bits per heavy atom. The van der Waals surface area contributed by atoms with Crippen LogP contribution in [0.4, 0.5) is 9.18 Å². The van der Waals surface area contributed by atoms with Gasteiger partial charge in [0.25, 0.3) is 0 Å². The van der Waals surface area contributed by atoms with Crippen LogP contribution in [0.15, 0.2) is 35.4 Å². The molecule has 2 N–H and O–H groups in total. The van der Waals surface area contributed by atoms with Gasteiger partial charge in [-0.2, -0.15) is 0 Å². The van der Waals surface area contributed by atoms with Gasteiger partial charge in [0.05, 0.1) is 30.9 Å². The van der Waals surface area contributed by atoms with Crippen molar-refractivity contribution in [3.8, 4) is 0 Å². The Morgan fingerprint density at radius 2 is 2.15 bits per heavy atom. The Bertz CT molecular complexity index is 892. The van der Waals surface area contributed by atoms with Crippen molar-refractivity contribution < 1.29 is 33.3 Å². The van der Waals surface area contributed by atoms with E-state index in [1.165, 1.54) is 0 Å². The molecule has 3 rings (SSSR count). The number of allylic oxidation sites excluding steroid dienone is 3. The third-order valence-corrected chi connectivity index (χ3v) is 6.64. The molecule has 2 aliphatic heterocycles. The maximum absolute atomic E-state index is 13.3. The maximum atomic E-state index is 13.3. The predicted molar refractivity (Wildman–Crippen MR) is 125 cm³/mol. The molecule has 4 atom stereocenters. The standard InChI is InChI=1S/C25H37FN2O6/c1-15-11-25(14-32-13-21(29)27-25)20(28(15)23(31)34-24(4,5)6)12-33-19-9-7-18(8-10-19)16(2)22(30)17(3)26/h7,15,19-20,30H,3,8-14H2,1-2,4-6H3,(H,27,29)/b22-16-/t15-,19?,20?,25?/m1/s1. The lowest BCUT2D eigenvalue weighted by Crippen LogP contribution is -2.65. The summed E-state index contributed by atoms with van der Waals surface area (Å²) in [7, 11) is 0. The average molecular weight is 481 g/mol. The highest BCUT2D eigenvalue weighted by Gasteiger charge is 2.56. The number of carbonyl (C=O) groups excluding carboxylic acids is 2. The summed E-state index contributed by atoms with van der Waals surface area (Å²) in [6.45, 7) is 12.7. The second-order valence-electron chi connectivity index (χ2n) is 10.5. The van der Waals surface area contributed by atoms with Gasteiger partial charge in [0.1, 0.15) is 12.2 Å². The molecule has 3 aliphatic rings. The molecule has 2 fully saturated rings. The Hall–Kier alpha value is -2.39. The number of carbonyl (C=O) groups is 2. The van der Waals surface area contributed by atoms with Crippen molar-refractivity contribution in [2.45, 2.75) is 89.6 Å². The lowest BCUT2D eigenvalue weighted by atomic mass is 9.88.